The fourth-order valence-electron chi connectivity index (χ4n) is 1.07. The largest absolute Gasteiger partial charge is 0.480 e. The summed E-state index contributed by atoms with van der Waals surface area (Å²) in [6.07, 6.45) is 0.166. The molecular formula is C7H10N2O4. The number of hydrogen-bond acceptors (Lipinski definition) is 4. The molecule has 0 unspecified atom stereocenters. The quantitative estimate of drug-likeness (QED) is 0.508. The molecule has 1 heterocycles. The number of aliphatic carboxylic acids is 1. The van der Waals surface area contributed by atoms with Crippen molar-refractivity contribution in [2.45, 2.75) is 6.42 Å². The standard InChI is InChI=1S/C7H10N2O4/c10-5-1-2-8-3-6(11)9(5)4-7(12)13/h8H,1-4H2,(H,12,13). The van der Waals surface area contributed by atoms with E-state index in [9.17, 15) is 14.4 Å². The van der Waals surface area contributed by atoms with Gasteiger partial charge in [-0.2, -0.15) is 0 Å². The van der Waals surface area contributed by atoms with E-state index in [-0.39, 0.29) is 13.0 Å². The van der Waals surface area contributed by atoms with Crippen LogP contribution in [0, 0.1) is 0 Å². The number of amides is 2. The summed E-state index contributed by atoms with van der Waals surface area (Å²) >= 11 is 0. The predicted molar refractivity (Wildman–Crippen MR) is 41.8 cm³/mol. The summed E-state index contributed by atoms with van der Waals surface area (Å²) in [5, 5.41) is 11.2. The van der Waals surface area contributed by atoms with E-state index in [2.05, 4.69) is 5.32 Å². The maximum Gasteiger partial charge on any atom is 0.323 e. The Labute approximate surface area is 74.5 Å². The summed E-state index contributed by atoms with van der Waals surface area (Å²) in [5.74, 6) is -2.09. The van der Waals surface area contributed by atoms with Crippen molar-refractivity contribution in [3.8, 4) is 0 Å². The average molecular weight is 186 g/mol. The molecule has 0 aromatic carbocycles. The van der Waals surface area contributed by atoms with Gasteiger partial charge in [0.15, 0.2) is 0 Å². The van der Waals surface area contributed by atoms with E-state index in [1.165, 1.54) is 0 Å². The second-order valence-corrected chi connectivity index (χ2v) is 2.69. The maximum atomic E-state index is 11.2. The maximum absolute atomic E-state index is 11.2. The Morgan fingerprint density at radius 3 is 2.77 bits per heavy atom. The topological polar surface area (TPSA) is 86.7 Å². The van der Waals surface area contributed by atoms with E-state index in [4.69, 9.17) is 5.11 Å². The first-order valence-corrected chi connectivity index (χ1v) is 3.87. The number of carboxylic acid groups (broad SMARTS) is 1. The van der Waals surface area contributed by atoms with Gasteiger partial charge in [0.2, 0.25) is 11.8 Å². The van der Waals surface area contributed by atoms with Gasteiger partial charge in [-0.1, -0.05) is 0 Å². The van der Waals surface area contributed by atoms with Crippen LogP contribution in [-0.2, 0) is 14.4 Å². The highest BCUT2D eigenvalue weighted by Gasteiger charge is 2.25. The molecule has 0 saturated carbocycles. The van der Waals surface area contributed by atoms with Gasteiger partial charge >= 0.3 is 5.97 Å². The van der Waals surface area contributed by atoms with Crippen LogP contribution in [0.3, 0.4) is 0 Å². The van der Waals surface area contributed by atoms with Gasteiger partial charge < -0.3 is 10.4 Å². The number of carboxylic acids is 1. The molecule has 6 nitrogen and oxygen atoms in total. The van der Waals surface area contributed by atoms with Gasteiger partial charge in [-0.05, 0) is 0 Å². The minimum atomic E-state index is -1.18. The van der Waals surface area contributed by atoms with E-state index < -0.39 is 24.3 Å². The van der Waals surface area contributed by atoms with Crippen LogP contribution >= 0.6 is 0 Å². The summed E-state index contributed by atoms with van der Waals surface area (Å²) in [4.78, 5) is 33.4. The fraction of sp³-hybridized carbons (Fsp3) is 0.571. The van der Waals surface area contributed by atoms with Crippen LogP contribution in [0.1, 0.15) is 6.42 Å². The lowest BCUT2D eigenvalue weighted by Crippen LogP contribution is -2.41. The van der Waals surface area contributed by atoms with Crippen LogP contribution in [0.25, 0.3) is 0 Å². The van der Waals surface area contributed by atoms with Crippen molar-refractivity contribution in [2.24, 2.45) is 0 Å². The van der Waals surface area contributed by atoms with E-state index in [1.807, 2.05) is 0 Å². The number of carbonyl (C=O) groups excluding carboxylic acids is 2. The Bertz CT molecular complexity index is 233. The van der Waals surface area contributed by atoms with Crippen LogP contribution in [0.2, 0.25) is 0 Å². The first-order valence-electron chi connectivity index (χ1n) is 3.87. The van der Waals surface area contributed by atoms with Crippen molar-refractivity contribution in [3.63, 3.8) is 0 Å². The zero-order chi connectivity index (χ0) is 9.84. The molecule has 0 aliphatic carbocycles. The SMILES string of the molecule is O=C(O)CN1C(=O)CCNCC1=O. The Kier molecular flexibility index (Phi) is 2.97. The summed E-state index contributed by atoms with van der Waals surface area (Å²) in [6, 6.07) is 0. The highest BCUT2D eigenvalue weighted by Crippen LogP contribution is 1.98. The second kappa shape index (κ2) is 3.99. The van der Waals surface area contributed by atoms with E-state index >= 15 is 0 Å². The Morgan fingerprint density at radius 1 is 1.46 bits per heavy atom. The molecule has 0 aromatic rings. The molecule has 72 valence electrons. The van der Waals surface area contributed by atoms with Crippen LogP contribution in [0.15, 0.2) is 0 Å². The molecule has 1 rings (SSSR count). The van der Waals surface area contributed by atoms with Crippen molar-refractivity contribution >= 4 is 17.8 Å². The van der Waals surface area contributed by atoms with Gasteiger partial charge in [-0.3, -0.25) is 19.3 Å². The fourth-order valence-corrected chi connectivity index (χ4v) is 1.07. The third-order valence-electron chi connectivity index (χ3n) is 1.69. The normalized spacial score (nSPS) is 18.6. The first-order chi connectivity index (χ1) is 6.11. The highest BCUT2D eigenvalue weighted by atomic mass is 16.4. The lowest BCUT2D eigenvalue weighted by molar-refractivity contribution is -0.151. The molecule has 13 heavy (non-hydrogen) atoms. The first kappa shape index (κ1) is 9.66. The monoisotopic (exact) mass is 186 g/mol. The molecule has 0 radical (unpaired) electrons. The summed E-state index contributed by atoms with van der Waals surface area (Å²) in [5.41, 5.74) is 0. The predicted octanol–water partition coefficient (Wildman–Crippen LogP) is -1.58. The molecule has 1 fully saturated rings. The Morgan fingerprint density at radius 2 is 2.15 bits per heavy atom. The van der Waals surface area contributed by atoms with Crippen LogP contribution in [-0.4, -0.2) is 47.4 Å². The minimum Gasteiger partial charge on any atom is -0.480 e. The molecule has 0 spiro atoms. The Hall–Kier alpha value is -1.43. The molecular weight excluding hydrogens is 176 g/mol. The van der Waals surface area contributed by atoms with Gasteiger partial charge in [-0.25, -0.2) is 0 Å². The average Bonchev–Trinajstić information content (AvgIpc) is 2.18. The number of nitrogens with zero attached hydrogens (tertiary/aromatic N) is 1. The molecule has 1 aliphatic rings. The third kappa shape index (κ3) is 2.51. The number of imide groups is 1. The van der Waals surface area contributed by atoms with Crippen LogP contribution in [0.5, 0.6) is 0 Å². The molecule has 0 bridgehead atoms. The molecule has 1 aliphatic heterocycles. The zero-order valence-corrected chi connectivity index (χ0v) is 6.95. The van der Waals surface area contributed by atoms with Crippen LogP contribution in [0.4, 0.5) is 0 Å². The smallest absolute Gasteiger partial charge is 0.323 e. The summed E-state index contributed by atoms with van der Waals surface area (Å²) < 4.78 is 0. The molecule has 0 atom stereocenters. The van der Waals surface area contributed by atoms with Crippen molar-refractivity contribution in [1.82, 2.24) is 10.2 Å². The third-order valence-corrected chi connectivity index (χ3v) is 1.69. The lowest BCUT2D eigenvalue weighted by atomic mass is 10.3. The molecule has 2 N–H and O–H groups in total. The molecule has 1 saturated heterocycles. The van der Waals surface area contributed by atoms with Crippen molar-refractivity contribution in [1.29, 1.82) is 0 Å². The van der Waals surface area contributed by atoms with Crippen molar-refractivity contribution < 1.29 is 19.5 Å². The van der Waals surface area contributed by atoms with Gasteiger partial charge in [0.05, 0.1) is 6.54 Å². The number of hydrogen-bond donors (Lipinski definition) is 2. The van der Waals surface area contributed by atoms with E-state index in [1.54, 1.807) is 0 Å². The summed E-state index contributed by atoms with van der Waals surface area (Å²) in [6.45, 7) is -0.0982. The number of nitrogens with one attached hydrogen (secondary N) is 1. The van der Waals surface area contributed by atoms with Gasteiger partial charge in [0.1, 0.15) is 6.54 Å². The second-order valence-electron chi connectivity index (χ2n) is 2.69. The van der Waals surface area contributed by atoms with Crippen molar-refractivity contribution in [3.05, 3.63) is 0 Å². The number of rotatable bonds is 2. The number of carbonyl (C=O) groups is 3. The van der Waals surface area contributed by atoms with Crippen molar-refractivity contribution in [2.75, 3.05) is 19.6 Å². The van der Waals surface area contributed by atoms with Gasteiger partial charge in [0.25, 0.3) is 0 Å². The van der Waals surface area contributed by atoms with Crippen LogP contribution < -0.4 is 5.32 Å². The molecule has 2 amide bonds. The zero-order valence-electron chi connectivity index (χ0n) is 6.95. The molecule has 0 aromatic heterocycles. The van der Waals surface area contributed by atoms with Gasteiger partial charge in [0, 0.05) is 13.0 Å². The van der Waals surface area contributed by atoms with Gasteiger partial charge in [-0.15, -0.1) is 0 Å². The van der Waals surface area contributed by atoms with E-state index in [0.717, 1.165) is 4.90 Å². The summed E-state index contributed by atoms with van der Waals surface area (Å²) in [7, 11) is 0. The lowest BCUT2D eigenvalue weighted by Gasteiger charge is -2.14. The highest BCUT2D eigenvalue weighted by molar-refractivity contribution is 5.99. The van der Waals surface area contributed by atoms with E-state index in [0.29, 0.717) is 6.54 Å². The molecule has 6 heteroatoms. The minimum absolute atomic E-state index is 0.0268. The Balaban J connectivity index is 2.69.